The fraction of sp³-hybridized carbons (Fsp3) is 0.333. The number of para-hydroxylation sites is 1. The Bertz CT molecular complexity index is 940. The molecule has 144 valence electrons. The summed E-state index contributed by atoms with van der Waals surface area (Å²) in [7, 11) is -2.25. The summed E-state index contributed by atoms with van der Waals surface area (Å²) in [5.41, 5.74) is 0.928. The van der Waals surface area contributed by atoms with E-state index in [2.05, 4.69) is 5.32 Å². The van der Waals surface area contributed by atoms with Gasteiger partial charge in [0.1, 0.15) is 10.6 Å². The van der Waals surface area contributed by atoms with Crippen LogP contribution in [0.2, 0.25) is 0 Å². The number of methoxy groups -OCH3 is 1. The second-order valence-corrected chi connectivity index (χ2v) is 8.12. The summed E-state index contributed by atoms with van der Waals surface area (Å²) >= 11 is 0. The second kappa shape index (κ2) is 7.93. The van der Waals surface area contributed by atoms with Crippen LogP contribution in [0.25, 0.3) is 0 Å². The first-order chi connectivity index (χ1) is 12.9. The SMILES string of the molecule is COc1ccccc1CNc1ccc([N+](=O)[O-])cc1S(=O)(=O)N1CCCC1. The maximum Gasteiger partial charge on any atom is 0.270 e. The molecule has 0 saturated carbocycles. The molecule has 9 heteroatoms. The zero-order valence-electron chi connectivity index (χ0n) is 14.9. The van der Waals surface area contributed by atoms with Gasteiger partial charge in [0.15, 0.2) is 0 Å². The molecule has 0 aromatic heterocycles. The number of sulfonamides is 1. The topological polar surface area (TPSA) is 102 Å². The Hall–Kier alpha value is -2.65. The quantitative estimate of drug-likeness (QED) is 0.575. The van der Waals surface area contributed by atoms with E-state index in [1.54, 1.807) is 7.11 Å². The minimum absolute atomic E-state index is 0.0755. The standard InChI is InChI=1S/C18H21N3O5S/c1-26-17-7-3-2-6-14(17)13-19-16-9-8-15(21(22)23)12-18(16)27(24,25)20-10-4-5-11-20/h2-3,6-9,12,19H,4-5,10-11,13H2,1H3. The average molecular weight is 391 g/mol. The van der Waals surface area contributed by atoms with Gasteiger partial charge in [0.2, 0.25) is 10.0 Å². The lowest BCUT2D eigenvalue weighted by molar-refractivity contribution is -0.385. The smallest absolute Gasteiger partial charge is 0.270 e. The third-order valence-electron chi connectivity index (χ3n) is 4.52. The Morgan fingerprint density at radius 2 is 1.89 bits per heavy atom. The summed E-state index contributed by atoms with van der Waals surface area (Å²) in [6, 6.07) is 11.2. The summed E-state index contributed by atoms with van der Waals surface area (Å²) in [5, 5.41) is 14.2. The third-order valence-corrected chi connectivity index (χ3v) is 6.46. The molecule has 0 atom stereocenters. The summed E-state index contributed by atoms with van der Waals surface area (Å²) in [6.45, 7) is 1.18. The zero-order chi connectivity index (χ0) is 19.4. The van der Waals surface area contributed by atoms with Gasteiger partial charge in [0.25, 0.3) is 5.69 Å². The number of hydrogen-bond donors (Lipinski definition) is 1. The molecule has 2 aromatic rings. The molecule has 1 aliphatic heterocycles. The number of rotatable bonds is 7. The Morgan fingerprint density at radius 1 is 1.19 bits per heavy atom. The van der Waals surface area contributed by atoms with Gasteiger partial charge in [-0.3, -0.25) is 10.1 Å². The van der Waals surface area contributed by atoms with Crippen LogP contribution in [0.3, 0.4) is 0 Å². The van der Waals surface area contributed by atoms with E-state index in [0.29, 0.717) is 31.1 Å². The van der Waals surface area contributed by atoms with Gasteiger partial charge < -0.3 is 10.1 Å². The minimum Gasteiger partial charge on any atom is -0.496 e. The van der Waals surface area contributed by atoms with Crippen molar-refractivity contribution >= 4 is 21.4 Å². The van der Waals surface area contributed by atoms with Crippen LogP contribution in [0.15, 0.2) is 47.4 Å². The number of benzene rings is 2. The highest BCUT2D eigenvalue weighted by atomic mass is 32.2. The number of non-ortho nitro benzene ring substituents is 1. The van der Waals surface area contributed by atoms with Crippen molar-refractivity contribution in [2.24, 2.45) is 0 Å². The summed E-state index contributed by atoms with van der Waals surface area (Å²) in [4.78, 5) is 10.5. The highest BCUT2D eigenvalue weighted by Crippen LogP contribution is 2.31. The van der Waals surface area contributed by atoms with Crippen molar-refractivity contribution in [1.82, 2.24) is 4.31 Å². The second-order valence-electron chi connectivity index (χ2n) is 6.21. The normalized spacial score (nSPS) is 14.9. The largest absolute Gasteiger partial charge is 0.496 e. The van der Waals surface area contributed by atoms with Crippen LogP contribution < -0.4 is 10.1 Å². The van der Waals surface area contributed by atoms with Crippen LogP contribution in [0.1, 0.15) is 18.4 Å². The molecule has 0 spiro atoms. The van der Waals surface area contributed by atoms with E-state index in [1.807, 2.05) is 24.3 Å². The number of nitrogens with one attached hydrogen (secondary N) is 1. The molecule has 27 heavy (non-hydrogen) atoms. The van der Waals surface area contributed by atoms with E-state index in [9.17, 15) is 18.5 Å². The van der Waals surface area contributed by atoms with E-state index in [4.69, 9.17) is 4.74 Å². The van der Waals surface area contributed by atoms with Crippen LogP contribution in [0, 0.1) is 10.1 Å². The van der Waals surface area contributed by atoms with Crippen molar-refractivity contribution in [2.45, 2.75) is 24.3 Å². The van der Waals surface area contributed by atoms with Gasteiger partial charge in [0.05, 0.1) is 17.7 Å². The number of nitro groups is 1. The maximum absolute atomic E-state index is 13.0. The van der Waals surface area contributed by atoms with E-state index in [1.165, 1.54) is 16.4 Å². The lowest BCUT2D eigenvalue weighted by Gasteiger charge is -2.19. The average Bonchev–Trinajstić information content (AvgIpc) is 3.22. The molecule has 0 bridgehead atoms. The number of hydrogen-bond acceptors (Lipinski definition) is 6. The van der Waals surface area contributed by atoms with E-state index in [0.717, 1.165) is 24.5 Å². The van der Waals surface area contributed by atoms with Gasteiger partial charge in [0, 0.05) is 37.3 Å². The fourth-order valence-electron chi connectivity index (χ4n) is 3.09. The predicted molar refractivity (Wildman–Crippen MR) is 101 cm³/mol. The van der Waals surface area contributed by atoms with Crippen molar-refractivity contribution in [1.29, 1.82) is 0 Å². The van der Waals surface area contributed by atoms with Crippen molar-refractivity contribution < 1.29 is 18.1 Å². The molecule has 1 aliphatic rings. The molecule has 0 amide bonds. The minimum atomic E-state index is -3.81. The van der Waals surface area contributed by atoms with Crippen molar-refractivity contribution in [3.63, 3.8) is 0 Å². The molecule has 1 saturated heterocycles. The van der Waals surface area contributed by atoms with Gasteiger partial charge in [-0.25, -0.2) is 8.42 Å². The highest BCUT2D eigenvalue weighted by molar-refractivity contribution is 7.89. The first-order valence-corrected chi connectivity index (χ1v) is 10.0. The van der Waals surface area contributed by atoms with Crippen LogP contribution in [-0.2, 0) is 16.6 Å². The number of anilines is 1. The molecule has 1 N–H and O–H groups in total. The van der Waals surface area contributed by atoms with Crippen molar-refractivity contribution in [3.05, 3.63) is 58.1 Å². The molecule has 8 nitrogen and oxygen atoms in total. The number of nitrogens with zero attached hydrogens (tertiary/aromatic N) is 2. The van der Waals surface area contributed by atoms with Crippen molar-refractivity contribution in [2.75, 3.05) is 25.5 Å². The lowest BCUT2D eigenvalue weighted by atomic mass is 10.2. The Kier molecular flexibility index (Phi) is 5.62. The number of ether oxygens (including phenoxy) is 1. The molecular weight excluding hydrogens is 370 g/mol. The highest BCUT2D eigenvalue weighted by Gasteiger charge is 2.31. The van der Waals surface area contributed by atoms with Crippen LogP contribution in [0.4, 0.5) is 11.4 Å². The fourth-order valence-corrected chi connectivity index (χ4v) is 4.80. The Morgan fingerprint density at radius 3 is 2.56 bits per heavy atom. The molecule has 0 radical (unpaired) electrons. The van der Waals surface area contributed by atoms with Gasteiger partial charge in [-0.15, -0.1) is 0 Å². The summed E-state index contributed by atoms with van der Waals surface area (Å²) in [6.07, 6.45) is 1.58. The third kappa shape index (κ3) is 4.04. The van der Waals surface area contributed by atoms with Gasteiger partial charge in [-0.2, -0.15) is 4.31 Å². The number of nitro benzene ring substituents is 1. The molecule has 1 fully saturated rings. The molecule has 2 aromatic carbocycles. The summed E-state index contributed by atoms with van der Waals surface area (Å²) < 4.78 is 32.7. The van der Waals surface area contributed by atoms with Crippen molar-refractivity contribution in [3.8, 4) is 5.75 Å². The monoisotopic (exact) mass is 391 g/mol. The van der Waals surface area contributed by atoms with Crippen LogP contribution in [-0.4, -0.2) is 37.8 Å². The molecule has 0 unspecified atom stereocenters. The predicted octanol–water partition coefficient (Wildman–Crippen LogP) is 3.00. The first kappa shape index (κ1) is 19.1. The van der Waals surface area contributed by atoms with Crippen LogP contribution >= 0.6 is 0 Å². The molecule has 3 rings (SSSR count). The van der Waals surface area contributed by atoms with Crippen LogP contribution in [0.5, 0.6) is 5.75 Å². The molecule has 1 heterocycles. The zero-order valence-corrected chi connectivity index (χ0v) is 15.7. The first-order valence-electron chi connectivity index (χ1n) is 8.58. The Labute approximate surface area is 158 Å². The van der Waals surface area contributed by atoms with E-state index in [-0.39, 0.29) is 10.6 Å². The Balaban J connectivity index is 1.95. The summed E-state index contributed by atoms with van der Waals surface area (Å²) in [5.74, 6) is 0.677. The van der Waals surface area contributed by atoms with E-state index < -0.39 is 14.9 Å². The van der Waals surface area contributed by atoms with Gasteiger partial charge in [-0.05, 0) is 25.0 Å². The maximum atomic E-state index is 13.0. The van der Waals surface area contributed by atoms with E-state index >= 15 is 0 Å². The lowest BCUT2D eigenvalue weighted by Crippen LogP contribution is -2.28. The van der Waals surface area contributed by atoms with Gasteiger partial charge in [-0.1, -0.05) is 18.2 Å². The molecule has 0 aliphatic carbocycles. The molecular formula is C18H21N3O5S. The van der Waals surface area contributed by atoms with Gasteiger partial charge >= 0.3 is 0 Å².